The van der Waals surface area contributed by atoms with Crippen LogP contribution in [0.3, 0.4) is 0 Å². The van der Waals surface area contributed by atoms with E-state index in [9.17, 15) is 5.26 Å². The Morgan fingerprint density at radius 1 is 1.08 bits per heavy atom. The summed E-state index contributed by atoms with van der Waals surface area (Å²) in [6.45, 7) is 7.55. The molecule has 0 aliphatic heterocycles. The Morgan fingerprint density at radius 3 is 2.40 bits per heavy atom. The molecule has 128 valence electrons. The first kappa shape index (κ1) is 16.1. The first-order valence-electron chi connectivity index (χ1n) is 9.53. The van der Waals surface area contributed by atoms with E-state index in [0.29, 0.717) is 28.7 Å². The van der Waals surface area contributed by atoms with Crippen LogP contribution >= 0.6 is 0 Å². The van der Waals surface area contributed by atoms with Gasteiger partial charge in [0, 0.05) is 5.92 Å². The second-order valence-corrected chi connectivity index (χ2v) is 7.44. The summed E-state index contributed by atoms with van der Waals surface area (Å²) in [6, 6.07) is 2.21. The average molecular weight is 333 g/mol. The van der Waals surface area contributed by atoms with Gasteiger partial charge >= 0.3 is 0 Å². The van der Waals surface area contributed by atoms with Crippen molar-refractivity contribution in [3.05, 3.63) is 28.2 Å². The molecular formula is C20H23N5. The van der Waals surface area contributed by atoms with E-state index in [-0.39, 0.29) is 0 Å². The second-order valence-electron chi connectivity index (χ2n) is 7.44. The lowest BCUT2D eigenvalue weighted by molar-refractivity contribution is 0.428. The molecule has 4 rings (SSSR count). The van der Waals surface area contributed by atoms with Gasteiger partial charge < -0.3 is 0 Å². The number of nitriles is 1. The van der Waals surface area contributed by atoms with E-state index in [1.165, 1.54) is 38.5 Å². The number of hydrogen-bond acceptors (Lipinski definition) is 3. The third-order valence-electron chi connectivity index (χ3n) is 5.79. The van der Waals surface area contributed by atoms with Crippen LogP contribution in [0, 0.1) is 23.8 Å². The van der Waals surface area contributed by atoms with Crippen molar-refractivity contribution in [2.45, 2.75) is 70.1 Å². The van der Waals surface area contributed by atoms with Gasteiger partial charge in [-0.1, -0.05) is 44.6 Å². The van der Waals surface area contributed by atoms with Gasteiger partial charge in [0.2, 0.25) is 5.69 Å². The predicted molar refractivity (Wildman–Crippen MR) is 96.0 cm³/mol. The normalized spacial score (nSPS) is 20.6. The van der Waals surface area contributed by atoms with Gasteiger partial charge in [0.15, 0.2) is 11.5 Å². The number of hydrogen-bond donors (Lipinski definition) is 0. The fraction of sp³-hybridized carbons (Fsp3) is 0.600. The Morgan fingerprint density at radius 2 is 1.76 bits per heavy atom. The summed E-state index contributed by atoms with van der Waals surface area (Å²) >= 11 is 0. The Bertz CT molecular complexity index is 899. The third-order valence-corrected chi connectivity index (χ3v) is 5.79. The smallest absolute Gasteiger partial charge is 0.233 e. The summed E-state index contributed by atoms with van der Waals surface area (Å²) in [5.74, 6) is 1.74. The summed E-state index contributed by atoms with van der Waals surface area (Å²) in [5, 5.41) is 15.2. The molecule has 0 unspecified atom stereocenters. The lowest BCUT2D eigenvalue weighted by Crippen LogP contribution is -2.15. The van der Waals surface area contributed by atoms with Gasteiger partial charge in [0.1, 0.15) is 5.56 Å². The van der Waals surface area contributed by atoms with Crippen LogP contribution in [0.25, 0.3) is 16.6 Å². The Hall–Kier alpha value is -2.40. The van der Waals surface area contributed by atoms with Crippen LogP contribution in [0.15, 0.2) is 0 Å². The fourth-order valence-corrected chi connectivity index (χ4v) is 4.42. The summed E-state index contributed by atoms with van der Waals surface area (Å²) < 4.78 is 1.78. The Balaban J connectivity index is 1.84. The van der Waals surface area contributed by atoms with Gasteiger partial charge in [0.05, 0.1) is 18.0 Å². The molecule has 0 radical (unpaired) electrons. The molecule has 0 aromatic carbocycles. The maximum Gasteiger partial charge on any atom is 0.233 e. The zero-order valence-corrected chi connectivity index (χ0v) is 14.5. The van der Waals surface area contributed by atoms with Crippen LogP contribution in [0.5, 0.6) is 0 Å². The summed E-state index contributed by atoms with van der Waals surface area (Å²) in [4.78, 5) is 8.35. The van der Waals surface area contributed by atoms with Gasteiger partial charge in [-0.05, 0) is 31.6 Å². The highest BCUT2D eigenvalue weighted by atomic mass is 15.3. The largest absolute Gasteiger partial charge is 0.234 e. The number of aromatic nitrogens is 3. The molecule has 0 bridgehead atoms. The average Bonchev–Trinajstić information content (AvgIpc) is 3.21. The molecule has 0 spiro atoms. The van der Waals surface area contributed by atoms with Gasteiger partial charge in [-0.2, -0.15) is 10.4 Å². The highest BCUT2D eigenvalue weighted by Gasteiger charge is 2.24. The number of nitrogens with zero attached hydrogens (tertiary/aromatic N) is 5. The van der Waals surface area contributed by atoms with Crippen LogP contribution < -0.4 is 5.35 Å². The summed E-state index contributed by atoms with van der Waals surface area (Å²) in [5.41, 5.74) is 1.40. The SMILES string of the molecule is [C-]#[N+]c1c(C#N)c2nc(C3CCCCC3)nn2/c1=C/C1CCCCC1. The van der Waals surface area contributed by atoms with Crippen molar-refractivity contribution in [2.24, 2.45) is 5.92 Å². The predicted octanol–water partition coefficient (Wildman–Crippen LogP) is 4.28. The van der Waals surface area contributed by atoms with Crippen molar-refractivity contribution in [1.82, 2.24) is 14.6 Å². The van der Waals surface area contributed by atoms with E-state index < -0.39 is 0 Å². The number of rotatable bonds is 2. The highest BCUT2D eigenvalue weighted by Crippen LogP contribution is 2.32. The van der Waals surface area contributed by atoms with E-state index >= 15 is 0 Å². The minimum absolute atomic E-state index is 0.395. The van der Waals surface area contributed by atoms with Crippen LogP contribution in [0.4, 0.5) is 5.69 Å². The number of fused-ring (bicyclic) bond motifs is 1. The zero-order chi connectivity index (χ0) is 17.2. The zero-order valence-electron chi connectivity index (χ0n) is 14.5. The van der Waals surface area contributed by atoms with Crippen LogP contribution in [-0.4, -0.2) is 14.6 Å². The Kier molecular flexibility index (Phi) is 4.40. The topological polar surface area (TPSA) is 58.3 Å². The first-order chi connectivity index (χ1) is 12.3. The van der Waals surface area contributed by atoms with E-state index in [1.807, 2.05) is 0 Å². The van der Waals surface area contributed by atoms with Crippen molar-refractivity contribution >= 4 is 17.4 Å². The van der Waals surface area contributed by atoms with E-state index in [4.69, 9.17) is 16.7 Å². The molecule has 2 heterocycles. The molecule has 0 amide bonds. The minimum Gasteiger partial charge on any atom is -0.234 e. The van der Waals surface area contributed by atoms with Crippen LogP contribution in [-0.2, 0) is 0 Å². The molecule has 0 saturated heterocycles. The van der Waals surface area contributed by atoms with Crippen molar-refractivity contribution < 1.29 is 0 Å². The molecule has 5 heteroatoms. The maximum atomic E-state index is 9.60. The van der Waals surface area contributed by atoms with Crippen molar-refractivity contribution in [3.63, 3.8) is 0 Å². The van der Waals surface area contributed by atoms with Gasteiger partial charge in [-0.3, -0.25) is 0 Å². The second kappa shape index (κ2) is 6.84. The lowest BCUT2D eigenvalue weighted by atomic mass is 9.89. The van der Waals surface area contributed by atoms with E-state index in [1.54, 1.807) is 4.52 Å². The van der Waals surface area contributed by atoms with Crippen LogP contribution in [0.1, 0.15) is 81.5 Å². The van der Waals surface area contributed by atoms with Crippen LogP contribution in [0.2, 0.25) is 0 Å². The van der Waals surface area contributed by atoms with Crippen molar-refractivity contribution in [2.75, 3.05) is 0 Å². The fourth-order valence-electron chi connectivity index (χ4n) is 4.42. The minimum atomic E-state index is 0.395. The molecule has 2 aliphatic rings. The molecule has 2 aromatic heterocycles. The maximum absolute atomic E-state index is 9.60. The molecule has 5 nitrogen and oxygen atoms in total. The van der Waals surface area contributed by atoms with E-state index in [0.717, 1.165) is 36.9 Å². The molecule has 0 N–H and O–H groups in total. The summed E-state index contributed by atoms with van der Waals surface area (Å²) in [6.07, 6.45) is 14.3. The monoisotopic (exact) mass is 333 g/mol. The molecule has 2 aromatic rings. The Labute approximate surface area is 148 Å². The molecular weight excluding hydrogens is 310 g/mol. The molecule has 2 aliphatic carbocycles. The van der Waals surface area contributed by atoms with Gasteiger partial charge in [-0.25, -0.2) is 14.3 Å². The highest BCUT2D eigenvalue weighted by molar-refractivity contribution is 5.73. The molecule has 2 saturated carbocycles. The summed E-state index contributed by atoms with van der Waals surface area (Å²) in [7, 11) is 0. The van der Waals surface area contributed by atoms with Crippen molar-refractivity contribution in [3.8, 4) is 6.07 Å². The van der Waals surface area contributed by atoms with Gasteiger partial charge in [0.25, 0.3) is 0 Å². The lowest BCUT2D eigenvalue weighted by Gasteiger charge is -2.18. The van der Waals surface area contributed by atoms with Gasteiger partial charge in [-0.15, -0.1) is 0 Å². The standard InChI is InChI=1S/C20H23N5/c1-22-18-16(13-21)20-23-19(15-10-6-3-7-11-15)24-25(20)17(18)12-14-8-4-2-5-9-14/h12,14-15H,2-11H2/b17-12+. The molecule has 2 fully saturated rings. The third kappa shape index (κ3) is 2.89. The first-order valence-corrected chi connectivity index (χ1v) is 9.53. The molecule has 25 heavy (non-hydrogen) atoms. The van der Waals surface area contributed by atoms with E-state index in [2.05, 4.69) is 17.0 Å². The van der Waals surface area contributed by atoms with Crippen molar-refractivity contribution in [1.29, 1.82) is 5.26 Å². The molecule has 0 atom stereocenters. The quantitative estimate of drug-likeness (QED) is 0.771.